The number of fused-ring (bicyclic) bond motifs is 1. The van der Waals surface area contributed by atoms with Crippen LogP contribution in [0, 0.1) is 0 Å². The van der Waals surface area contributed by atoms with E-state index in [0.717, 1.165) is 17.5 Å². The fourth-order valence-corrected chi connectivity index (χ4v) is 4.41. The molecule has 0 radical (unpaired) electrons. The number of ether oxygens (including phenoxy) is 1. The Morgan fingerprint density at radius 2 is 1.92 bits per heavy atom. The van der Waals surface area contributed by atoms with E-state index in [4.69, 9.17) is 4.74 Å². The summed E-state index contributed by atoms with van der Waals surface area (Å²) >= 11 is 0. The zero-order valence-electron chi connectivity index (χ0n) is 13.4. The second kappa shape index (κ2) is 6.65. The van der Waals surface area contributed by atoms with Gasteiger partial charge in [0.15, 0.2) is 9.84 Å². The maximum absolute atomic E-state index is 12.2. The van der Waals surface area contributed by atoms with Gasteiger partial charge < -0.3 is 10.1 Å². The quantitative estimate of drug-likeness (QED) is 0.923. The Morgan fingerprint density at radius 3 is 2.62 bits per heavy atom. The van der Waals surface area contributed by atoms with Gasteiger partial charge in [0, 0.05) is 12.1 Å². The smallest absolute Gasteiger partial charge is 0.251 e. The van der Waals surface area contributed by atoms with E-state index in [0.29, 0.717) is 29.2 Å². The molecule has 0 fully saturated rings. The van der Waals surface area contributed by atoms with Crippen molar-refractivity contribution in [3.05, 3.63) is 59.2 Å². The number of rotatable bonds is 4. The van der Waals surface area contributed by atoms with Gasteiger partial charge in [-0.2, -0.15) is 0 Å². The summed E-state index contributed by atoms with van der Waals surface area (Å²) in [6, 6.07) is 12.2. The molecule has 3 rings (SSSR count). The van der Waals surface area contributed by atoms with E-state index in [2.05, 4.69) is 5.32 Å². The molecule has 5 nitrogen and oxygen atoms in total. The van der Waals surface area contributed by atoms with Crippen LogP contribution in [0.15, 0.2) is 47.4 Å². The number of hydrogen-bond donors (Lipinski definition) is 1. The SMILES string of the molecule is COc1ccc(C(=O)NCc2ccc3c(c2)CCCS3(=O)=O)cc1. The number of methoxy groups -OCH3 is 1. The third-order valence-electron chi connectivity index (χ3n) is 4.12. The molecule has 0 aromatic heterocycles. The van der Waals surface area contributed by atoms with E-state index in [1.807, 2.05) is 6.07 Å². The zero-order valence-corrected chi connectivity index (χ0v) is 14.2. The fraction of sp³-hybridized carbons (Fsp3) is 0.278. The molecule has 1 aliphatic rings. The van der Waals surface area contributed by atoms with Crippen molar-refractivity contribution in [2.45, 2.75) is 24.3 Å². The molecule has 0 atom stereocenters. The van der Waals surface area contributed by atoms with Crippen molar-refractivity contribution in [1.82, 2.24) is 5.32 Å². The second-order valence-corrected chi connectivity index (χ2v) is 7.85. The first kappa shape index (κ1) is 16.5. The van der Waals surface area contributed by atoms with Crippen molar-refractivity contribution in [3.8, 4) is 5.75 Å². The highest BCUT2D eigenvalue weighted by molar-refractivity contribution is 7.91. The molecule has 24 heavy (non-hydrogen) atoms. The first-order chi connectivity index (χ1) is 11.5. The molecular formula is C18H19NO4S. The van der Waals surface area contributed by atoms with Gasteiger partial charge in [-0.05, 0) is 54.3 Å². The van der Waals surface area contributed by atoms with Crippen LogP contribution >= 0.6 is 0 Å². The normalized spacial score (nSPS) is 15.4. The molecule has 1 aliphatic heterocycles. The molecule has 2 aromatic rings. The Balaban J connectivity index is 1.69. The molecule has 0 unspecified atom stereocenters. The molecule has 1 N–H and O–H groups in total. The van der Waals surface area contributed by atoms with E-state index in [1.54, 1.807) is 43.5 Å². The third-order valence-corrected chi connectivity index (χ3v) is 6.02. The summed E-state index contributed by atoms with van der Waals surface area (Å²) in [7, 11) is -1.56. The number of hydrogen-bond acceptors (Lipinski definition) is 4. The highest BCUT2D eigenvalue weighted by Crippen LogP contribution is 2.25. The van der Waals surface area contributed by atoms with Gasteiger partial charge in [0.2, 0.25) is 0 Å². The fourth-order valence-electron chi connectivity index (χ4n) is 2.83. The lowest BCUT2D eigenvalue weighted by Crippen LogP contribution is -2.23. The van der Waals surface area contributed by atoms with Gasteiger partial charge in [-0.1, -0.05) is 12.1 Å². The van der Waals surface area contributed by atoms with E-state index in [9.17, 15) is 13.2 Å². The Labute approximate surface area is 141 Å². The first-order valence-corrected chi connectivity index (χ1v) is 9.41. The third kappa shape index (κ3) is 3.43. The molecular weight excluding hydrogens is 326 g/mol. The average molecular weight is 345 g/mol. The van der Waals surface area contributed by atoms with Crippen molar-refractivity contribution in [2.75, 3.05) is 12.9 Å². The summed E-state index contributed by atoms with van der Waals surface area (Å²) < 4.78 is 29.1. The molecule has 0 spiro atoms. The minimum atomic E-state index is -3.14. The molecule has 0 aliphatic carbocycles. The van der Waals surface area contributed by atoms with E-state index in [1.165, 1.54) is 0 Å². The number of sulfone groups is 1. The average Bonchev–Trinajstić information content (AvgIpc) is 2.59. The Bertz CT molecular complexity index is 857. The number of aryl methyl sites for hydroxylation is 1. The second-order valence-electron chi connectivity index (χ2n) is 5.78. The summed E-state index contributed by atoms with van der Waals surface area (Å²) in [6.45, 7) is 0.359. The summed E-state index contributed by atoms with van der Waals surface area (Å²) in [5, 5.41) is 2.85. The van der Waals surface area contributed by atoms with Crippen LogP contribution < -0.4 is 10.1 Å². The summed E-state index contributed by atoms with van der Waals surface area (Å²) in [5.41, 5.74) is 2.29. The van der Waals surface area contributed by atoms with Gasteiger partial charge in [0.1, 0.15) is 5.75 Å². The van der Waals surface area contributed by atoms with Crippen LogP contribution in [0.5, 0.6) is 5.75 Å². The number of carbonyl (C=O) groups is 1. The summed E-state index contributed by atoms with van der Waals surface area (Å²) in [4.78, 5) is 12.6. The van der Waals surface area contributed by atoms with E-state index < -0.39 is 9.84 Å². The molecule has 1 amide bonds. The van der Waals surface area contributed by atoms with Gasteiger partial charge in [-0.3, -0.25) is 4.79 Å². The summed E-state index contributed by atoms with van der Waals surface area (Å²) in [6.07, 6.45) is 1.41. The van der Waals surface area contributed by atoms with Crippen LogP contribution in [-0.2, 0) is 22.8 Å². The van der Waals surface area contributed by atoms with E-state index >= 15 is 0 Å². The number of nitrogens with one attached hydrogen (secondary N) is 1. The molecule has 6 heteroatoms. The van der Waals surface area contributed by atoms with Crippen LogP contribution in [0.1, 0.15) is 27.9 Å². The lowest BCUT2D eigenvalue weighted by molar-refractivity contribution is 0.0951. The molecule has 0 bridgehead atoms. The van der Waals surface area contributed by atoms with Crippen LogP contribution in [-0.4, -0.2) is 27.2 Å². The minimum absolute atomic E-state index is 0.178. The largest absolute Gasteiger partial charge is 0.497 e. The Kier molecular flexibility index (Phi) is 4.57. The zero-order chi connectivity index (χ0) is 17.2. The molecule has 2 aromatic carbocycles. The number of carbonyl (C=O) groups excluding carboxylic acids is 1. The summed E-state index contributed by atoms with van der Waals surface area (Å²) in [5.74, 6) is 0.735. The molecule has 1 heterocycles. The van der Waals surface area contributed by atoms with Gasteiger partial charge in [-0.15, -0.1) is 0 Å². The Hall–Kier alpha value is -2.34. The lowest BCUT2D eigenvalue weighted by atomic mass is 10.1. The predicted molar refractivity (Wildman–Crippen MR) is 91.0 cm³/mol. The van der Waals surface area contributed by atoms with Crippen LogP contribution in [0.2, 0.25) is 0 Å². The number of amides is 1. The number of benzene rings is 2. The highest BCUT2D eigenvalue weighted by atomic mass is 32.2. The standard InChI is InChI=1S/C18H19NO4S/c1-23-16-7-5-14(6-8-16)18(20)19-12-13-4-9-17-15(11-13)3-2-10-24(17,21)22/h4-9,11H,2-3,10,12H2,1H3,(H,19,20). The minimum Gasteiger partial charge on any atom is -0.497 e. The lowest BCUT2D eigenvalue weighted by Gasteiger charge is -2.17. The molecule has 0 saturated heterocycles. The van der Waals surface area contributed by atoms with Crippen molar-refractivity contribution in [3.63, 3.8) is 0 Å². The van der Waals surface area contributed by atoms with Gasteiger partial charge in [0.05, 0.1) is 17.8 Å². The van der Waals surface area contributed by atoms with Gasteiger partial charge in [-0.25, -0.2) is 8.42 Å². The van der Waals surface area contributed by atoms with Crippen molar-refractivity contribution in [1.29, 1.82) is 0 Å². The van der Waals surface area contributed by atoms with E-state index in [-0.39, 0.29) is 11.7 Å². The van der Waals surface area contributed by atoms with Gasteiger partial charge >= 0.3 is 0 Å². The molecule has 0 saturated carbocycles. The maximum atomic E-state index is 12.2. The van der Waals surface area contributed by atoms with Crippen LogP contribution in [0.4, 0.5) is 0 Å². The predicted octanol–water partition coefficient (Wildman–Crippen LogP) is 2.35. The van der Waals surface area contributed by atoms with Gasteiger partial charge in [0.25, 0.3) is 5.91 Å². The topological polar surface area (TPSA) is 72.5 Å². The molecule has 126 valence electrons. The van der Waals surface area contributed by atoms with Crippen LogP contribution in [0.3, 0.4) is 0 Å². The Morgan fingerprint density at radius 1 is 1.17 bits per heavy atom. The highest BCUT2D eigenvalue weighted by Gasteiger charge is 2.23. The van der Waals surface area contributed by atoms with Crippen molar-refractivity contribution < 1.29 is 17.9 Å². The van der Waals surface area contributed by atoms with Crippen molar-refractivity contribution >= 4 is 15.7 Å². The monoisotopic (exact) mass is 345 g/mol. The van der Waals surface area contributed by atoms with Crippen molar-refractivity contribution in [2.24, 2.45) is 0 Å². The maximum Gasteiger partial charge on any atom is 0.251 e. The van der Waals surface area contributed by atoms with Crippen LogP contribution in [0.25, 0.3) is 0 Å². The first-order valence-electron chi connectivity index (χ1n) is 7.76.